The third-order valence-electron chi connectivity index (χ3n) is 4.62. The third-order valence-corrected chi connectivity index (χ3v) is 4.62. The smallest absolute Gasteiger partial charge is 0.257 e. The van der Waals surface area contributed by atoms with E-state index >= 15 is 0 Å². The molecule has 2 fully saturated rings. The van der Waals surface area contributed by atoms with Crippen molar-refractivity contribution in [2.45, 2.75) is 18.6 Å². The van der Waals surface area contributed by atoms with E-state index in [1.165, 1.54) is 12.3 Å². The first-order valence-electron chi connectivity index (χ1n) is 8.12. The maximum absolute atomic E-state index is 14.1. The molecular weight excluding hydrogens is 327 g/mol. The van der Waals surface area contributed by atoms with Gasteiger partial charge in [-0.05, 0) is 18.6 Å². The van der Waals surface area contributed by atoms with E-state index in [-0.39, 0.29) is 30.6 Å². The number of morpholine rings is 1. The molecule has 2 aromatic rings. The van der Waals surface area contributed by atoms with Crippen molar-refractivity contribution in [1.29, 1.82) is 0 Å². The number of likely N-dealkylation sites (tertiary alicyclic amines) is 1. The highest BCUT2D eigenvalue weighted by Gasteiger charge is 2.37. The first-order valence-corrected chi connectivity index (χ1v) is 8.12. The summed E-state index contributed by atoms with van der Waals surface area (Å²) in [7, 11) is 0. The summed E-state index contributed by atoms with van der Waals surface area (Å²) >= 11 is 0. The van der Waals surface area contributed by atoms with E-state index in [4.69, 9.17) is 4.74 Å². The molecule has 1 aromatic carbocycles. The molecule has 0 bridgehead atoms. The van der Waals surface area contributed by atoms with E-state index < -0.39 is 5.82 Å². The average Bonchev–Trinajstić information content (AvgIpc) is 3.10. The van der Waals surface area contributed by atoms with Gasteiger partial charge < -0.3 is 15.0 Å². The van der Waals surface area contributed by atoms with Crippen molar-refractivity contribution in [3.63, 3.8) is 0 Å². The van der Waals surface area contributed by atoms with E-state index in [1.807, 2.05) is 0 Å². The highest BCUT2D eigenvalue weighted by Crippen LogP contribution is 2.26. The molecule has 8 heteroatoms. The molecule has 0 aliphatic carbocycles. The van der Waals surface area contributed by atoms with E-state index in [0.29, 0.717) is 36.3 Å². The summed E-state index contributed by atoms with van der Waals surface area (Å²) in [4.78, 5) is 26.1. The minimum absolute atomic E-state index is 0.0638. The Hall–Kier alpha value is -2.74. The molecule has 2 atom stereocenters. The van der Waals surface area contributed by atoms with Gasteiger partial charge in [0.25, 0.3) is 5.91 Å². The molecule has 2 amide bonds. The number of hydrogen-bond acceptors (Lipinski definition) is 4. The molecule has 2 aliphatic rings. The predicted molar refractivity (Wildman–Crippen MR) is 86.2 cm³/mol. The number of ether oxygens (including phenoxy) is 1. The van der Waals surface area contributed by atoms with Crippen molar-refractivity contribution < 1.29 is 18.7 Å². The number of halogens is 1. The second-order valence-corrected chi connectivity index (χ2v) is 6.20. The number of benzene rings is 1. The number of aromatic amines is 1. The molecule has 2 saturated heterocycles. The largest absolute Gasteiger partial charge is 0.366 e. The van der Waals surface area contributed by atoms with Crippen molar-refractivity contribution >= 4 is 11.8 Å². The monoisotopic (exact) mass is 344 g/mol. The van der Waals surface area contributed by atoms with Crippen LogP contribution < -0.4 is 5.32 Å². The van der Waals surface area contributed by atoms with Gasteiger partial charge in [0.1, 0.15) is 12.4 Å². The molecule has 0 saturated carbocycles. The standard InChI is InChI=1S/C17H17FN4O3/c18-12-4-2-1-3-10(12)16-11(7-19-21-16)17(24)22-6-5-14-13(8-22)20-15(23)9-25-14/h1-4,7,13-14H,5-6,8-9H2,(H,19,21)(H,20,23). The first kappa shape index (κ1) is 15.8. The molecule has 25 heavy (non-hydrogen) atoms. The Labute approximate surface area is 143 Å². The molecule has 1 aromatic heterocycles. The lowest BCUT2D eigenvalue weighted by Gasteiger charge is -2.41. The van der Waals surface area contributed by atoms with Crippen LogP contribution >= 0.6 is 0 Å². The van der Waals surface area contributed by atoms with Gasteiger partial charge in [-0.15, -0.1) is 0 Å². The van der Waals surface area contributed by atoms with Crippen LogP contribution in [0.5, 0.6) is 0 Å². The van der Waals surface area contributed by atoms with Crippen LogP contribution in [0.1, 0.15) is 16.8 Å². The van der Waals surface area contributed by atoms with Gasteiger partial charge in [-0.2, -0.15) is 5.10 Å². The molecule has 0 spiro atoms. The predicted octanol–water partition coefficient (Wildman–Crippen LogP) is 0.945. The molecule has 2 aliphatic heterocycles. The van der Waals surface area contributed by atoms with Crippen LogP contribution in [0.2, 0.25) is 0 Å². The Balaban J connectivity index is 1.57. The second kappa shape index (κ2) is 6.29. The summed E-state index contributed by atoms with van der Waals surface area (Å²) < 4.78 is 19.6. The number of H-pyrrole nitrogens is 1. The molecule has 7 nitrogen and oxygen atoms in total. The van der Waals surface area contributed by atoms with Crippen LogP contribution in [0.25, 0.3) is 11.3 Å². The lowest BCUT2D eigenvalue weighted by atomic mass is 9.99. The van der Waals surface area contributed by atoms with Gasteiger partial charge in [-0.1, -0.05) is 12.1 Å². The lowest BCUT2D eigenvalue weighted by molar-refractivity contribution is -0.139. The lowest BCUT2D eigenvalue weighted by Crippen LogP contribution is -2.61. The van der Waals surface area contributed by atoms with E-state index in [9.17, 15) is 14.0 Å². The Kier molecular flexibility index (Phi) is 3.96. The van der Waals surface area contributed by atoms with Gasteiger partial charge in [0.2, 0.25) is 5.91 Å². The fraction of sp³-hybridized carbons (Fsp3) is 0.353. The maximum Gasteiger partial charge on any atom is 0.257 e. The van der Waals surface area contributed by atoms with Gasteiger partial charge in [0.05, 0.1) is 29.6 Å². The zero-order chi connectivity index (χ0) is 17.4. The SMILES string of the molecule is O=C1COC2CCN(C(=O)c3cn[nH]c3-c3ccccc3F)CC2N1. The van der Waals surface area contributed by atoms with Crippen molar-refractivity contribution in [2.24, 2.45) is 0 Å². The highest BCUT2D eigenvalue weighted by molar-refractivity contribution is 6.00. The maximum atomic E-state index is 14.1. The quantitative estimate of drug-likeness (QED) is 0.849. The molecule has 3 heterocycles. The Morgan fingerprint density at radius 1 is 1.36 bits per heavy atom. The van der Waals surface area contributed by atoms with Crippen molar-refractivity contribution in [3.05, 3.63) is 41.8 Å². The van der Waals surface area contributed by atoms with Crippen molar-refractivity contribution in [3.8, 4) is 11.3 Å². The van der Waals surface area contributed by atoms with Crippen LogP contribution in [0.4, 0.5) is 4.39 Å². The molecule has 130 valence electrons. The average molecular weight is 344 g/mol. The van der Waals surface area contributed by atoms with Crippen LogP contribution in [-0.2, 0) is 9.53 Å². The molecular formula is C17H17FN4O3. The number of nitrogens with zero attached hydrogens (tertiary/aromatic N) is 2. The molecule has 0 radical (unpaired) electrons. The first-order chi connectivity index (χ1) is 12.1. The molecule has 2 unspecified atom stereocenters. The number of fused-ring (bicyclic) bond motifs is 1. The number of piperidine rings is 1. The van der Waals surface area contributed by atoms with Gasteiger partial charge >= 0.3 is 0 Å². The van der Waals surface area contributed by atoms with Crippen LogP contribution in [0, 0.1) is 5.82 Å². The highest BCUT2D eigenvalue weighted by atomic mass is 19.1. The fourth-order valence-electron chi connectivity index (χ4n) is 3.37. The summed E-state index contributed by atoms with van der Waals surface area (Å²) in [6, 6.07) is 6.01. The van der Waals surface area contributed by atoms with E-state index in [0.717, 1.165) is 0 Å². The second-order valence-electron chi connectivity index (χ2n) is 6.20. The summed E-state index contributed by atoms with van der Waals surface area (Å²) in [5.41, 5.74) is 0.966. The van der Waals surface area contributed by atoms with Crippen molar-refractivity contribution in [2.75, 3.05) is 19.7 Å². The van der Waals surface area contributed by atoms with E-state index in [1.54, 1.807) is 23.1 Å². The Morgan fingerprint density at radius 3 is 3.04 bits per heavy atom. The zero-order valence-electron chi connectivity index (χ0n) is 13.4. The number of aromatic nitrogens is 2. The normalized spacial score (nSPS) is 23.1. The Morgan fingerprint density at radius 2 is 2.20 bits per heavy atom. The van der Waals surface area contributed by atoms with Crippen LogP contribution in [0.15, 0.2) is 30.5 Å². The van der Waals surface area contributed by atoms with Crippen LogP contribution in [-0.4, -0.2) is 58.8 Å². The number of amides is 2. The Bertz CT molecular complexity index is 822. The topological polar surface area (TPSA) is 87.3 Å². The summed E-state index contributed by atoms with van der Waals surface area (Å²) in [5.74, 6) is -0.844. The minimum atomic E-state index is -0.424. The summed E-state index contributed by atoms with van der Waals surface area (Å²) in [6.07, 6.45) is 1.98. The third kappa shape index (κ3) is 2.89. The summed E-state index contributed by atoms with van der Waals surface area (Å²) in [6.45, 7) is 0.934. The zero-order valence-corrected chi connectivity index (χ0v) is 13.4. The van der Waals surface area contributed by atoms with Gasteiger partial charge in [-0.3, -0.25) is 14.7 Å². The van der Waals surface area contributed by atoms with Crippen molar-refractivity contribution in [1.82, 2.24) is 20.4 Å². The number of rotatable bonds is 2. The number of carbonyl (C=O) groups is 2. The van der Waals surface area contributed by atoms with E-state index in [2.05, 4.69) is 15.5 Å². The molecule has 2 N–H and O–H groups in total. The fourth-order valence-corrected chi connectivity index (χ4v) is 3.37. The van der Waals surface area contributed by atoms with Gasteiger partial charge in [0, 0.05) is 18.7 Å². The minimum Gasteiger partial charge on any atom is -0.366 e. The van der Waals surface area contributed by atoms with Gasteiger partial charge in [0.15, 0.2) is 0 Å². The van der Waals surface area contributed by atoms with Crippen LogP contribution in [0.3, 0.4) is 0 Å². The number of nitrogens with one attached hydrogen (secondary N) is 2. The van der Waals surface area contributed by atoms with Gasteiger partial charge in [-0.25, -0.2) is 4.39 Å². The number of carbonyl (C=O) groups excluding carboxylic acids is 2. The number of hydrogen-bond donors (Lipinski definition) is 2. The molecule has 4 rings (SSSR count). The summed E-state index contributed by atoms with van der Waals surface area (Å²) in [5, 5.41) is 9.49.